The predicted molar refractivity (Wildman–Crippen MR) is 69.9 cm³/mol. The lowest BCUT2D eigenvalue weighted by Crippen LogP contribution is -2.21. The quantitative estimate of drug-likeness (QED) is 0.499. The van der Waals surface area contributed by atoms with Crippen LogP contribution in [0, 0.1) is 0 Å². The van der Waals surface area contributed by atoms with Crippen molar-refractivity contribution in [2.45, 2.75) is 32.9 Å². The molecule has 0 amide bonds. The minimum atomic E-state index is 0.746. The molecule has 1 aromatic rings. The van der Waals surface area contributed by atoms with Gasteiger partial charge in [-0.25, -0.2) is 4.98 Å². The Morgan fingerprint density at radius 2 is 2.41 bits per heavy atom. The van der Waals surface area contributed by atoms with Crippen LogP contribution in [0.25, 0.3) is 0 Å². The Kier molecular flexibility index (Phi) is 7.34. The van der Waals surface area contributed by atoms with Gasteiger partial charge < -0.3 is 14.6 Å². The first-order valence-electron chi connectivity index (χ1n) is 6.26. The average molecular weight is 237 g/mol. The fourth-order valence-corrected chi connectivity index (χ4v) is 1.57. The van der Waals surface area contributed by atoms with Gasteiger partial charge in [-0.2, -0.15) is 0 Å². The van der Waals surface area contributed by atoms with Gasteiger partial charge in [0.05, 0.1) is 25.2 Å². The lowest BCUT2D eigenvalue weighted by Gasteiger charge is -2.08. The number of hydrogen-bond donors (Lipinski definition) is 1. The van der Waals surface area contributed by atoms with Crippen molar-refractivity contribution in [1.82, 2.24) is 14.9 Å². The lowest BCUT2D eigenvalue weighted by atomic mass is 10.4. The topological polar surface area (TPSA) is 39.1 Å². The maximum atomic E-state index is 5.42. The van der Waals surface area contributed by atoms with E-state index < -0.39 is 0 Å². The van der Waals surface area contributed by atoms with Gasteiger partial charge in [0.1, 0.15) is 0 Å². The Morgan fingerprint density at radius 1 is 1.53 bits per heavy atom. The van der Waals surface area contributed by atoms with Crippen LogP contribution in [0.5, 0.6) is 0 Å². The molecule has 0 fully saturated rings. The van der Waals surface area contributed by atoms with Gasteiger partial charge in [-0.05, 0) is 12.8 Å². The Balaban J connectivity index is 2.09. The molecule has 0 unspecified atom stereocenters. The SMILES string of the molecule is C=CCCOCCNCc1cncn1CCC. The third-order valence-corrected chi connectivity index (χ3v) is 2.46. The largest absolute Gasteiger partial charge is 0.380 e. The van der Waals surface area contributed by atoms with Crippen molar-refractivity contribution in [1.29, 1.82) is 0 Å². The number of rotatable bonds is 10. The van der Waals surface area contributed by atoms with Crippen LogP contribution in [0.3, 0.4) is 0 Å². The van der Waals surface area contributed by atoms with Gasteiger partial charge in [0.2, 0.25) is 0 Å². The first-order chi connectivity index (χ1) is 8.38. The van der Waals surface area contributed by atoms with Crippen molar-refractivity contribution in [3.05, 3.63) is 30.9 Å². The molecule has 1 N–H and O–H groups in total. The molecule has 0 aliphatic heterocycles. The van der Waals surface area contributed by atoms with Crippen LogP contribution in [-0.4, -0.2) is 29.3 Å². The van der Waals surface area contributed by atoms with E-state index in [1.165, 1.54) is 5.69 Å². The molecule has 0 bridgehead atoms. The summed E-state index contributed by atoms with van der Waals surface area (Å²) in [5, 5.41) is 3.35. The summed E-state index contributed by atoms with van der Waals surface area (Å²) >= 11 is 0. The van der Waals surface area contributed by atoms with E-state index in [0.29, 0.717) is 0 Å². The fraction of sp³-hybridized carbons (Fsp3) is 0.615. The first-order valence-corrected chi connectivity index (χ1v) is 6.26. The summed E-state index contributed by atoms with van der Waals surface area (Å²) in [4.78, 5) is 4.16. The summed E-state index contributed by atoms with van der Waals surface area (Å²) in [5.41, 5.74) is 1.23. The monoisotopic (exact) mass is 237 g/mol. The Labute approximate surface area is 104 Å². The summed E-state index contributed by atoms with van der Waals surface area (Å²) < 4.78 is 7.60. The Morgan fingerprint density at radius 3 is 3.18 bits per heavy atom. The maximum absolute atomic E-state index is 5.42. The van der Waals surface area contributed by atoms with Gasteiger partial charge in [0.15, 0.2) is 0 Å². The molecule has 0 saturated heterocycles. The minimum Gasteiger partial charge on any atom is -0.380 e. The third-order valence-electron chi connectivity index (χ3n) is 2.46. The van der Waals surface area contributed by atoms with Gasteiger partial charge in [0, 0.05) is 25.8 Å². The highest BCUT2D eigenvalue weighted by molar-refractivity contribution is 4.97. The second-order valence-corrected chi connectivity index (χ2v) is 3.94. The first kappa shape index (κ1) is 13.9. The van der Waals surface area contributed by atoms with Crippen LogP contribution in [0.4, 0.5) is 0 Å². The van der Waals surface area contributed by atoms with E-state index in [9.17, 15) is 0 Å². The van der Waals surface area contributed by atoms with E-state index in [2.05, 4.69) is 28.4 Å². The standard InChI is InChI=1S/C13H23N3O/c1-3-5-8-17-9-6-14-10-13-11-15-12-16(13)7-4-2/h3,11-12,14H,1,4-10H2,2H3. The number of nitrogens with zero attached hydrogens (tertiary/aromatic N) is 2. The van der Waals surface area contributed by atoms with Gasteiger partial charge in [-0.1, -0.05) is 13.0 Å². The minimum absolute atomic E-state index is 0.746. The van der Waals surface area contributed by atoms with Crippen LogP contribution in [-0.2, 0) is 17.8 Å². The smallest absolute Gasteiger partial charge is 0.0948 e. The average Bonchev–Trinajstić information content (AvgIpc) is 2.76. The van der Waals surface area contributed by atoms with Crippen molar-refractivity contribution in [3.63, 3.8) is 0 Å². The molecular weight excluding hydrogens is 214 g/mol. The third kappa shape index (κ3) is 5.65. The van der Waals surface area contributed by atoms with E-state index in [-0.39, 0.29) is 0 Å². The maximum Gasteiger partial charge on any atom is 0.0948 e. The van der Waals surface area contributed by atoms with Gasteiger partial charge in [-0.3, -0.25) is 0 Å². The fourth-order valence-electron chi connectivity index (χ4n) is 1.57. The number of ether oxygens (including phenoxy) is 1. The summed E-state index contributed by atoms with van der Waals surface area (Å²) in [5.74, 6) is 0. The molecule has 96 valence electrons. The number of aryl methyl sites for hydroxylation is 1. The van der Waals surface area contributed by atoms with E-state index in [1.807, 2.05) is 18.6 Å². The van der Waals surface area contributed by atoms with E-state index >= 15 is 0 Å². The van der Waals surface area contributed by atoms with Crippen molar-refractivity contribution < 1.29 is 4.74 Å². The molecule has 1 aromatic heterocycles. The summed E-state index contributed by atoms with van der Waals surface area (Å²) in [6.45, 7) is 10.1. The highest BCUT2D eigenvalue weighted by Gasteiger charge is 1.99. The normalized spacial score (nSPS) is 10.6. The lowest BCUT2D eigenvalue weighted by molar-refractivity contribution is 0.140. The zero-order valence-electron chi connectivity index (χ0n) is 10.7. The summed E-state index contributed by atoms with van der Waals surface area (Å²) in [7, 11) is 0. The number of imidazole rings is 1. The van der Waals surface area contributed by atoms with Gasteiger partial charge in [-0.15, -0.1) is 6.58 Å². The molecule has 0 atom stereocenters. The van der Waals surface area contributed by atoms with Crippen LogP contribution in [0.15, 0.2) is 25.2 Å². The van der Waals surface area contributed by atoms with Gasteiger partial charge in [0.25, 0.3) is 0 Å². The van der Waals surface area contributed by atoms with Crippen LogP contribution in [0.1, 0.15) is 25.5 Å². The van der Waals surface area contributed by atoms with Gasteiger partial charge >= 0.3 is 0 Å². The van der Waals surface area contributed by atoms with Crippen molar-refractivity contribution in [2.24, 2.45) is 0 Å². The molecule has 4 nitrogen and oxygen atoms in total. The highest BCUT2D eigenvalue weighted by Crippen LogP contribution is 1.99. The molecular formula is C13H23N3O. The van der Waals surface area contributed by atoms with Crippen LogP contribution in [0.2, 0.25) is 0 Å². The highest BCUT2D eigenvalue weighted by atomic mass is 16.5. The molecule has 0 aromatic carbocycles. The van der Waals surface area contributed by atoms with E-state index in [4.69, 9.17) is 4.74 Å². The van der Waals surface area contributed by atoms with Crippen LogP contribution < -0.4 is 5.32 Å². The summed E-state index contributed by atoms with van der Waals surface area (Å²) in [6.07, 6.45) is 7.73. The molecule has 4 heteroatoms. The zero-order chi connectivity index (χ0) is 12.3. The van der Waals surface area contributed by atoms with E-state index in [1.54, 1.807) is 0 Å². The Hall–Kier alpha value is -1.13. The molecule has 1 rings (SSSR count). The zero-order valence-corrected chi connectivity index (χ0v) is 10.7. The van der Waals surface area contributed by atoms with Crippen molar-refractivity contribution >= 4 is 0 Å². The second-order valence-electron chi connectivity index (χ2n) is 3.94. The molecule has 17 heavy (non-hydrogen) atoms. The number of aromatic nitrogens is 2. The van der Waals surface area contributed by atoms with Crippen LogP contribution >= 0.6 is 0 Å². The van der Waals surface area contributed by atoms with E-state index in [0.717, 1.165) is 45.7 Å². The molecule has 1 heterocycles. The van der Waals surface area contributed by atoms with Crippen molar-refractivity contribution in [3.8, 4) is 0 Å². The predicted octanol–water partition coefficient (Wildman–Crippen LogP) is 1.98. The molecule has 0 aliphatic rings. The number of nitrogens with one attached hydrogen (secondary N) is 1. The molecule has 0 saturated carbocycles. The second kappa shape index (κ2) is 8.96. The molecule has 0 aliphatic carbocycles. The Bertz CT molecular complexity index is 309. The molecule has 0 spiro atoms. The molecule has 0 radical (unpaired) electrons. The summed E-state index contributed by atoms with van der Waals surface area (Å²) in [6, 6.07) is 0. The number of hydrogen-bond acceptors (Lipinski definition) is 3. The van der Waals surface area contributed by atoms with Crippen molar-refractivity contribution in [2.75, 3.05) is 19.8 Å².